The molecule has 0 spiro atoms. The summed E-state index contributed by atoms with van der Waals surface area (Å²) in [6, 6.07) is 10.7. The van der Waals surface area contributed by atoms with Crippen LogP contribution in [0.2, 0.25) is 0 Å². The molecule has 0 atom stereocenters. The highest BCUT2D eigenvalue weighted by Gasteiger charge is 2.07. The fraction of sp³-hybridized carbons (Fsp3) is 0.250. The number of hydrogen-bond donors (Lipinski definition) is 2. The van der Waals surface area contributed by atoms with Crippen molar-refractivity contribution in [2.75, 3.05) is 13.1 Å². The molecule has 0 unspecified atom stereocenters. The molecular formula is C16H18N2O3. The van der Waals surface area contributed by atoms with Gasteiger partial charge in [0.2, 0.25) is 0 Å². The van der Waals surface area contributed by atoms with Crippen molar-refractivity contribution < 1.29 is 14.0 Å². The number of rotatable bonds is 6. The molecule has 2 rings (SSSR count). The van der Waals surface area contributed by atoms with Gasteiger partial charge in [-0.25, -0.2) is 0 Å². The molecule has 0 aliphatic heterocycles. The molecule has 0 aliphatic rings. The van der Waals surface area contributed by atoms with Crippen LogP contribution in [0.3, 0.4) is 0 Å². The quantitative estimate of drug-likeness (QED) is 0.799. The van der Waals surface area contributed by atoms with Crippen LogP contribution in [0.1, 0.15) is 32.9 Å². The zero-order chi connectivity index (χ0) is 15.1. The topological polar surface area (TPSA) is 71.3 Å². The van der Waals surface area contributed by atoms with Crippen molar-refractivity contribution in [1.82, 2.24) is 10.6 Å². The molecular weight excluding hydrogens is 268 g/mol. The molecule has 2 N–H and O–H groups in total. The number of hydrogen-bond acceptors (Lipinski definition) is 3. The van der Waals surface area contributed by atoms with E-state index in [1.165, 1.54) is 6.26 Å². The highest BCUT2D eigenvalue weighted by Crippen LogP contribution is 2.03. The maximum atomic E-state index is 11.9. The number of amides is 2. The Balaban J connectivity index is 1.66. The molecule has 1 heterocycles. The molecule has 5 nitrogen and oxygen atoms in total. The maximum Gasteiger partial charge on any atom is 0.286 e. The summed E-state index contributed by atoms with van der Waals surface area (Å²) in [6.45, 7) is 2.93. The van der Waals surface area contributed by atoms with Crippen molar-refractivity contribution in [2.24, 2.45) is 0 Å². The molecule has 0 saturated heterocycles. The van der Waals surface area contributed by atoms with Crippen LogP contribution < -0.4 is 10.6 Å². The van der Waals surface area contributed by atoms with Crippen molar-refractivity contribution in [3.05, 3.63) is 59.5 Å². The minimum absolute atomic E-state index is 0.101. The number of aryl methyl sites for hydroxylation is 1. The second-order valence-corrected chi connectivity index (χ2v) is 4.71. The van der Waals surface area contributed by atoms with Crippen LogP contribution in [0.15, 0.2) is 47.1 Å². The smallest absolute Gasteiger partial charge is 0.286 e. The normalized spacial score (nSPS) is 10.1. The predicted molar refractivity (Wildman–Crippen MR) is 79.2 cm³/mol. The van der Waals surface area contributed by atoms with E-state index in [-0.39, 0.29) is 11.8 Å². The van der Waals surface area contributed by atoms with Crippen molar-refractivity contribution in [1.29, 1.82) is 0 Å². The second-order valence-electron chi connectivity index (χ2n) is 4.71. The van der Waals surface area contributed by atoms with Gasteiger partial charge in [0.1, 0.15) is 0 Å². The van der Waals surface area contributed by atoms with E-state index in [2.05, 4.69) is 10.6 Å². The number of carbonyl (C=O) groups is 2. The summed E-state index contributed by atoms with van der Waals surface area (Å²) in [6.07, 6.45) is 2.11. The molecule has 0 radical (unpaired) electrons. The van der Waals surface area contributed by atoms with Crippen LogP contribution in [0, 0.1) is 6.92 Å². The van der Waals surface area contributed by atoms with Gasteiger partial charge in [-0.15, -0.1) is 0 Å². The van der Waals surface area contributed by atoms with E-state index in [0.717, 1.165) is 5.56 Å². The molecule has 1 aromatic heterocycles. The van der Waals surface area contributed by atoms with Crippen LogP contribution >= 0.6 is 0 Å². The minimum atomic E-state index is -0.245. The van der Waals surface area contributed by atoms with Crippen LogP contribution in [-0.2, 0) is 0 Å². The van der Waals surface area contributed by atoms with Gasteiger partial charge in [-0.1, -0.05) is 17.7 Å². The van der Waals surface area contributed by atoms with Gasteiger partial charge in [0.25, 0.3) is 11.8 Å². The molecule has 5 heteroatoms. The maximum absolute atomic E-state index is 11.9. The Kier molecular flexibility index (Phi) is 5.15. The Bertz CT molecular complexity index is 606. The molecule has 2 aromatic rings. The first-order valence-corrected chi connectivity index (χ1v) is 6.83. The van der Waals surface area contributed by atoms with Gasteiger partial charge in [-0.05, 0) is 37.6 Å². The molecule has 110 valence electrons. The van der Waals surface area contributed by atoms with Crippen molar-refractivity contribution in [2.45, 2.75) is 13.3 Å². The summed E-state index contributed by atoms with van der Waals surface area (Å²) in [5, 5.41) is 5.54. The van der Waals surface area contributed by atoms with E-state index in [9.17, 15) is 9.59 Å². The number of carbonyl (C=O) groups excluding carboxylic acids is 2. The van der Waals surface area contributed by atoms with E-state index in [0.29, 0.717) is 30.8 Å². The molecule has 0 fully saturated rings. The minimum Gasteiger partial charge on any atom is -0.459 e. The Morgan fingerprint density at radius 2 is 1.81 bits per heavy atom. The standard InChI is InChI=1S/C16H18N2O3/c1-12-5-2-6-13(11-12)15(19)17-8-4-9-18-16(20)14-7-3-10-21-14/h2-3,5-7,10-11H,4,8-9H2,1H3,(H,17,19)(H,18,20). The molecule has 21 heavy (non-hydrogen) atoms. The zero-order valence-corrected chi connectivity index (χ0v) is 11.9. The number of nitrogens with one attached hydrogen (secondary N) is 2. The third kappa shape index (κ3) is 4.49. The Morgan fingerprint density at radius 1 is 1.05 bits per heavy atom. The summed E-state index contributed by atoms with van der Waals surface area (Å²) >= 11 is 0. The van der Waals surface area contributed by atoms with Crippen LogP contribution in [0.5, 0.6) is 0 Å². The molecule has 2 amide bonds. The van der Waals surface area contributed by atoms with E-state index in [4.69, 9.17) is 4.42 Å². The van der Waals surface area contributed by atoms with Gasteiger partial charge < -0.3 is 15.1 Å². The monoisotopic (exact) mass is 286 g/mol. The Morgan fingerprint density at radius 3 is 2.48 bits per heavy atom. The van der Waals surface area contributed by atoms with Crippen LogP contribution in [0.4, 0.5) is 0 Å². The first kappa shape index (κ1) is 14.8. The van der Waals surface area contributed by atoms with Gasteiger partial charge in [0, 0.05) is 18.7 Å². The molecule has 1 aromatic carbocycles. The molecule has 0 saturated carbocycles. The lowest BCUT2D eigenvalue weighted by molar-refractivity contribution is 0.0925. The van der Waals surface area contributed by atoms with Crippen LogP contribution in [0.25, 0.3) is 0 Å². The Hall–Kier alpha value is -2.56. The van der Waals surface area contributed by atoms with Gasteiger partial charge in [-0.2, -0.15) is 0 Å². The van der Waals surface area contributed by atoms with Crippen molar-refractivity contribution in [3.8, 4) is 0 Å². The summed E-state index contributed by atoms with van der Waals surface area (Å²) in [7, 11) is 0. The summed E-state index contributed by atoms with van der Waals surface area (Å²) < 4.78 is 4.98. The first-order chi connectivity index (χ1) is 10.2. The first-order valence-electron chi connectivity index (χ1n) is 6.83. The van der Waals surface area contributed by atoms with Gasteiger partial charge in [0.05, 0.1) is 6.26 Å². The highest BCUT2D eigenvalue weighted by atomic mass is 16.3. The lowest BCUT2D eigenvalue weighted by Gasteiger charge is -2.06. The van der Waals surface area contributed by atoms with E-state index in [1.807, 2.05) is 25.1 Å². The number of benzene rings is 1. The zero-order valence-electron chi connectivity index (χ0n) is 11.9. The summed E-state index contributed by atoms with van der Waals surface area (Å²) in [4.78, 5) is 23.4. The third-order valence-corrected chi connectivity index (χ3v) is 2.95. The summed E-state index contributed by atoms with van der Waals surface area (Å²) in [5.41, 5.74) is 1.70. The third-order valence-electron chi connectivity index (χ3n) is 2.95. The SMILES string of the molecule is Cc1cccc(C(=O)NCCCNC(=O)c2ccco2)c1. The highest BCUT2D eigenvalue weighted by molar-refractivity contribution is 5.94. The van der Waals surface area contributed by atoms with E-state index in [1.54, 1.807) is 18.2 Å². The fourth-order valence-electron chi connectivity index (χ4n) is 1.88. The fourth-order valence-corrected chi connectivity index (χ4v) is 1.88. The van der Waals surface area contributed by atoms with Crippen LogP contribution in [-0.4, -0.2) is 24.9 Å². The molecule has 0 aliphatic carbocycles. The average Bonchev–Trinajstić information content (AvgIpc) is 3.00. The average molecular weight is 286 g/mol. The van der Waals surface area contributed by atoms with E-state index >= 15 is 0 Å². The van der Waals surface area contributed by atoms with Gasteiger partial charge >= 0.3 is 0 Å². The lowest BCUT2D eigenvalue weighted by atomic mass is 10.1. The second kappa shape index (κ2) is 7.28. The van der Waals surface area contributed by atoms with Gasteiger partial charge in [0.15, 0.2) is 5.76 Å². The van der Waals surface area contributed by atoms with Gasteiger partial charge in [-0.3, -0.25) is 9.59 Å². The Labute approximate surface area is 123 Å². The van der Waals surface area contributed by atoms with E-state index < -0.39 is 0 Å². The summed E-state index contributed by atoms with van der Waals surface area (Å²) in [5.74, 6) is -0.0557. The largest absolute Gasteiger partial charge is 0.459 e. The molecule has 0 bridgehead atoms. The van der Waals surface area contributed by atoms with Crippen molar-refractivity contribution >= 4 is 11.8 Å². The van der Waals surface area contributed by atoms with Crippen molar-refractivity contribution in [3.63, 3.8) is 0 Å². The lowest BCUT2D eigenvalue weighted by Crippen LogP contribution is -2.29. The number of furan rings is 1. The predicted octanol–water partition coefficient (Wildman–Crippen LogP) is 2.14.